The number of nitrogens with two attached hydrogens (primary N) is 1. The van der Waals surface area contributed by atoms with Gasteiger partial charge in [-0.2, -0.15) is 39.7 Å². The number of pyridine rings is 4. The SMILES string of the molecule is CCCCCCN(C(=O)Nc1ccc(F)cc1)C1CCN([C@H](C)CCNC(=O)c2c(C)cc(Cl)nc2C)CC1.CSCCCN(C(=O)Nc1ccc(F)cc1)C1CCN([C@H](C)CCNC(=O)c2c(C)cc(Cl)nc2C)CC1.Cc1cc(Cl)nc(C)c1C(=O)NCC[C@@H](C)N1CCC(N(Cc2ccsc2)C(=O)NC2CC2)CC1.Cc1cc(Cl)nc(C)c1C(=O)NCC[C@@H](C)N1CCC(N(Cc2ccsc2)C(N)=NC#N)CC1. The van der Waals surface area contributed by atoms with E-state index in [-0.39, 0.29) is 83.5 Å². The Balaban J connectivity index is 0.000000200. The number of thioether (sulfide) groups is 1. The minimum absolute atomic E-state index is 0.0789. The summed E-state index contributed by atoms with van der Waals surface area (Å²) in [5.41, 5.74) is 18.0. The van der Waals surface area contributed by atoms with Crippen molar-refractivity contribution in [2.24, 2.45) is 10.7 Å². The molecule has 0 spiro atoms. The van der Waals surface area contributed by atoms with E-state index in [1.807, 2.05) is 60.9 Å². The van der Waals surface area contributed by atoms with E-state index in [9.17, 15) is 42.3 Å². The number of nitrogens with one attached hydrogen (secondary N) is 7. The Bertz CT molecular complexity index is 5490. The minimum atomic E-state index is -0.326. The number of urea groups is 3. The van der Waals surface area contributed by atoms with E-state index < -0.39 is 0 Å². The maximum Gasteiger partial charge on any atom is 0.322 e. The standard InChI is InChI=1S/C30H43ClFN5O2.C28H39ClFN5O2S.C26H36ClN5O2S.C24H32ClN7OS/c1-5-6-7-8-17-37(30(39)35-25-11-9-24(32)10-12-25)26-14-18-36(19-15-26)22(3)13-16-33-29(38)28-21(2)20-27(31)34-23(28)4;1-19-18-25(29)32-21(3)26(19)27(36)31-13-10-20(2)34-15-11-24(12-16-34)35(14-5-17-38-4)28(37)33-23-8-6-22(30)7-9-23;1-17-14-23(27)29-19(3)24(17)25(33)28-10-6-18(2)31-11-7-22(8-12-31)32(15-20-9-13-35-16-20)26(34)30-21-4-5-21;1-16-12-21(25)30-18(3)22(16)23(33)28-8-4-17(2)31-9-5-20(6-10-31)32(24(27)29-15-26)13-19-7-11-34-14-19/h9-12,20,22,26H,5-8,13-19H2,1-4H3,(H,33,38)(H,35,39);6-9,18,20,24H,5,10-17H2,1-4H3,(H,31,36)(H,33,37);9,13-14,16,18,21-22H,4-8,10-12,15H2,1-3H3,(H,28,33)(H,30,34);7,11-12,14,17,20H,4-6,8-10,13H2,1-3H3,(H2,27,29)(H,28,33)/t22-;20-;18-;17-/m1111/s1. The number of carbonyl (C=O) groups excluding carboxylic acids is 7. The molecule has 9 N–H and O–H groups in total. The van der Waals surface area contributed by atoms with Gasteiger partial charge in [-0.3, -0.25) is 19.2 Å². The fourth-order valence-electron chi connectivity index (χ4n) is 19.7. The Morgan fingerprint density at radius 2 is 0.760 bits per heavy atom. The van der Waals surface area contributed by atoms with Gasteiger partial charge in [0.15, 0.2) is 0 Å². The first-order valence-corrected chi connectivity index (χ1v) is 56.2. The van der Waals surface area contributed by atoms with Crippen LogP contribution in [0.4, 0.5) is 34.5 Å². The van der Waals surface area contributed by atoms with Crippen LogP contribution in [0.2, 0.25) is 20.6 Å². The fraction of sp³-hybridized carbons (Fsp3) is 0.546. The second-order valence-electron chi connectivity index (χ2n) is 39.0. The van der Waals surface area contributed by atoms with E-state index in [0.717, 1.165) is 209 Å². The Kier molecular flexibility index (Phi) is 48.5. The molecule has 38 heteroatoms. The molecule has 8 aromatic rings. The number of piperidine rings is 4. The first kappa shape index (κ1) is 118. The average molecular weight is 2140 g/mol. The molecule has 2 aromatic carbocycles. The van der Waals surface area contributed by atoms with Crippen LogP contribution in [0.3, 0.4) is 0 Å². The van der Waals surface area contributed by atoms with Gasteiger partial charge in [0.05, 0.1) is 45.0 Å². The van der Waals surface area contributed by atoms with Crippen LogP contribution < -0.4 is 43.0 Å². The van der Waals surface area contributed by atoms with Crippen molar-refractivity contribution in [3.8, 4) is 6.19 Å². The summed E-state index contributed by atoms with van der Waals surface area (Å²) in [5.74, 6) is 0.180. The third-order valence-electron chi connectivity index (χ3n) is 28.2. The normalized spacial score (nSPS) is 16.0. The lowest BCUT2D eigenvalue weighted by molar-refractivity contribution is 0.0897. The van der Waals surface area contributed by atoms with Gasteiger partial charge in [0.1, 0.15) is 32.2 Å². The molecule has 0 bridgehead atoms. The Labute approximate surface area is 894 Å². The number of unbranched alkanes of at least 4 members (excludes halogenated alkanes) is 3. The number of benzene rings is 2. The molecule has 4 aliphatic heterocycles. The molecule has 0 radical (unpaired) electrons. The van der Waals surface area contributed by atoms with Crippen molar-refractivity contribution < 1.29 is 42.3 Å². The summed E-state index contributed by atoms with van der Waals surface area (Å²) in [4.78, 5) is 129. The second kappa shape index (κ2) is 60.1. The van der Waals surface area contributed by atoms with Crippen LogP contribution >= 0.6 is 80.8 Å². The van der Waals surface area contributed by atoms with Crippen LogP contribution in [-0.4, -0.2) is 265 Å². The van der Waals surface area contributed by atoms with E-state index in [4.69, 9.17) is 57.4 Å². The predicted molar refractivity (Wildman–Crippen MR) is 589 cm³/mol. The van der Waals surface area contributed by atoms with Gasteiger partial charge >= 0.3 is 18.1 Å². The third-order valence-corrected chi connectivity index (χ3v) is 31.2. The Morgan fingerprint density at radius 3 is 1.05 bits per heavy atom. The first-order valence-electron chi connectivity index (χ1n) is 51.4. The van der Waals surface area contributed by atoms with Crippen molar-refractivity contribution in [3.63, 3.8) is 0 Å². The summed E-state index contributed by atoms with van der Waals surface area (Å²) in [6.07, 6.45) is 22.2. The lowest BCUT2D eigenvalue weighted by Gasteiger charge is -2.41. The highest BCUT2D eigenvalue weighted by Gasteiger charge is 2.37. The molecule has 10 heterocycles. The van der Waals surface area contributed by atoms with Crippen molar-refractivity contribution in [1.82, 2.24) is 85.7 Å². The molecular formula is C108H150Cl4F2N22O7S3. The second-order valence-corrected chi connectivity index (χ2v) is 43.1. The number of carbonyl (C=O) groups is 7. The third kappa shape index (κ3) is 37.1. The van der Waals surface area contributed by atoms with Gasteiger partial charge in [-0.05, 0) is 338 Å². The number of nitriles is 1. The van der Waals surface area contributed by atoms with Gasteiger partial charge in [0.25, 0.3) is 23.6 Å². The monoisotopic (exact) mass is 2140 g/mol. The van der Waals surface area contributed by atoms with Crippen LogP contribution in [0.15, 0.2) is 111 Å². The predicted octanol–water partition coefficient (Wildman–Crippen LogP) is 20.8. The number of hydrogen-bond donors (Lipinski definition) is 8. The van der Waals surface area contributed by atoms with E-state index in [2.05, 4.69) is 156 Å². The molecular weight excluding hydrogens is 1990 g/mol. The molecule has 4 atom stereocenters. The van der Waals surface area contributed by atoms with Gasteiger partial charge < -0.3 is 82.2 Å². The molecule has 6 aromatic heterocycles. The number of amides is 10. The number of aliphatic imine (C=N–C) groups is 1. The number of hydrogen-bond acceptors (Lipinski definition) is 20. The number of likely N-dealkylation sites (tertiary alicyclic amines) is 4. The highest BCUT2D eigenvalue weighted by Crippen LogP contribution is 2.31. The van der Waals surface area contributed by atoms with Crippen molar-refractivity contribution >= 4 is 140 Å². The molecule has 5 aliphatic rings. The topological polar surface area (TPSA) is 343 Å². The van der Waals surface area contributed by atoms with E-state index in [1.165, 1.54) is 35.4 Å². The maximum atomic E-state index is 13.3. The van der Waals surface area contributed by atoms with E-state index in [0.29, 0.717) is 153 Å². The number of guanidine groups is 1. The summed E-state index contributed by atoms with van der Waals surface area (Å²) >= 11 is 29.1. The van der Waals surface area contributed by atoms with Gasteiger partial charge in [0.2, 0.25) is 12.2 Å². The molecule has 1 aliphatic carbocycles. The average Bonchev–Trinajstić information content (AvgIpc) is 1.52. The zero-order valence-electron chi connectivity index (χ0n) is 87.2. The number of rotatable bonds is 40. The van der Waals surface area contributed by atoms with Crippen molar-refractivity contribution in [2.75, 3.05) is 114 Å². The number of anilines is 2. The molecule has 794 valence electrons. The molecule has 13 rings (SSSR count). The molecule has 29 nitrogen and oxygen atoms in total. The molecule has 4 saturated heterocycles. The molecule has 5 fully saturated rings. The van der Waals surface area contributed by atoms with E-state index in [1.54, 1.807) is 104 Å². The Morgan fingerprint density at radius 1 is 0.452 bits per heavy atom. The van der Waals surface area contributed by atoms with Crippen molar-refractivity contribution in [2.45, 2.75) is 279 Å². The number of thiophene rings is 2. The highest BCUT2D eigenvalue weighted by atomic mass is 35.5. The van der Waals surface area contributed by atoms with Gasteiger partial charge in [0, 0.05) is 170 Å². The minimum Gasteiger partial charge on any atom is -0.369 e. The molecule has 146 heavy (non-hydrogen) atoms. The number of aromatic nitrogens is 4. The zero-order chi connectivity index (χ0) is 106. The fourth-order valence-corrected chi connectivity index (χ4v) is 22.6. The largest absolute Gasteiger partial charge is 0.369 e. The van der Waals surface area contributed by atoms with Gasteiger partial charge in [-0.25, -0.2) is 43.1 Å². The lowest BCUT2D eigenvalue weighted by atomic mass is 10.0. The quantitative estimate of drug-likeness (QED) is 0.00581. The molecule has 1 saturated carbocycles. The summed E-state index contributed by atoms with van der Waals surface area (Å²) in [6, 6.07) is 25.1. The van der Waals surface area contributed by atoms with E-state index >= 15 is 0 Å². The highest BCUT2D eigenvalue weighted by molar-refractivity contribution is 7.98. The lowest BCUT2D eigenvalue weighted by Crippen LogP contribution is -2.52. The van der Waals surface area contributed by atoms with Crippen molar-refractivity contribution in [3.05, 3.63) is 217 Å². The number of aryl methyl sites for hydroxylation is 8. The number of nitrogens with zero attached hydrogens (tertiary/aromatic N) is 14. The van der Waals surface area contributed by atoms with Crippen LogP contribution in [0.25, 0.3) is 0 Å². The van der Waals surface area contributed by atoms with Crippen LogP contribution in [0.1, 0.15) is 254 Å². The first-order chi connectivity index (χ1) is 70.0. The summed E-state index contributed by atoms with van der Waals surface area (Å²) in [7, 11) is 0. The van der Waals surface area contributed by atoms with Crippen LogP contribution in [0, 0.1) is 78.5 Å². The molecule has 0 unspecified atom stereocenters. The van der Waals surface area contributed by atoms with Crippen molar-refractivity contribution in [1.29, 1.82) is 5.26 Å². The summed E-state index contributed by atoms with van der Waals surface area (Å²) < 4.78 is 26.6. The smallest absolute Gasteiger partial charge is 0.322 e. The summed E-state index contributed by atoms with van der Waals surface area (Å²) in [6.45, 7) is 38.1. The van der Waals surface area contributed by atoms with Crippen LogP contribution in [0.5, 0.6) is 0 Å². The molecule has 10 amide bonds. The summed E-state index contributed by atoms with van der Waals surface area (Å²) in [5, 5.41) is 40.1. The number of halogens is 6. The maximum absolute atomic E-state index is 13.3. The van der Waals surface area contributed by atoms with Gasteiger partial charge in [-0.1, -0.05) is 72.6 Å². The Hall–Kier alpha value is -9.90. The van der Waals surface area contributed by atoms with Gasteiger partial charge in [-0.15, -0.1) is 4.99 Å². The van der Waals surface area contributed by atoms with Crippen LogP contribution in [-0.2, 0) is 13.1 Å². The zero-order valence-corrected chi connectivity index (χ0v) is 92.7.